The van der Waals surface area contributed by atoms with Crippen molar-refractivity contribution in [3.05, 3.63) is 18.0 Å². The number of nitrogens with one attached hydrogen (secondary N) is 1. The molecular formula is C16H25N3O. The maximum atomic E-state index is 6.16. The second-order valence-electron chi connectivity index (χ2n) is 7.10. The van der Waals surface area contributed by atoms with E-state index in [1.807, 2.05) is 17.9 Å². The Labute approximate surface area is 120 Å². The summed E-state index contributed by atoms with van der Waals surface area (Å²) in [5, 5.41) is 8.11. The predicted molar refractivity (Wildman–Crippen MR) is 77.5 cm³/mol. The fourth-order valence-electron chi connectivity index (χ4n) is 3.79. The van der Waals surface area contributed by atoms with Crippen molar-refractivity contribution in [3.8, 4) is 0 Å². The van der Waals surface area contributed by atoms with E-state index in [4.69, 9.17) is 4.74 Å². The van der Waals surface area contributed by atoms with Gasteiger partial charge in [-0.1, -0.05) is 0 Å². The molecule has 4 heteroatoms. The maximum absolute atomic E-state index is 6.16. The lowest BCUT2D eigenvalue weighted by atomic mass is 9.74. The zero-order chi connectivity index (χ0) is 13.6. The third-order valence-electron chi connectivity index (χ3n) is 5.19. The molecule has 1 aromatic rings. The van der Waals surface area contributed by atoms with Gasteiger partial charge in [-0.05, 0) is 50.0 Å². The third kappa shape index (κ3) is 2.51. The fourth-order valence-corrected chi connectivity index (χ4v) is 3.79. The molecule has 2 saturated carbocycles. The number of rotatable bonds is 6. The van der Waals surface area contributed by atoms with E-state index in [1.54, 1.807) is 0 Å². The Hall–Kier alpha value is -0.870. The van der Waals surface area contributed by atoms with E-state index in [2.05, 4.69) is 16.6 Å². The van der Waals surface area contributed by atoms with E-state index in [0.29, 0.717) is 11.5 Å². The minimum absolute atomic E-state index is 0.298. The van der Waals surface area contributed by atoms with Crippen LogP contribution in [-0.4, -0.2) is 35.1 Å². The van der Waals surface area contributed by atoms with Crippen molar-refractivity contribution in [2.24, 2.45) is 18.4 Å². The molecular weight excluding hydrogens is 250 g/mol. The summed E-state index contributed by atoms with van der Waals surface area (Å²) in [7, 11) is 2.00. The molecule has 110 valence electrons. The number of aromatic nitrogens is 2. The highest BCUT2D eigenvalue weighted by atomic mass is 16.5. The molecule has 2 heterocycles. The van der Waals surface area contributed by atoms with E-state index in [1.165, 1.54) is 37.7 Å². The summed E-state index contributed by atoms with van der Waals surface area (Å²) in [6, 6.07) is 0.779. The van der Waals surface area contributed by atoms with Crippen LogP contribution in [0.4, 0.5) is 0 Å². The summed E-state index contributed by atoms with van der Waals surface area (Å²) in [6.45, 7) is 2.06. The van der Waals surface area contributed by atoms with Gasteiger partial charge in [-0.2, -0.15) is 5.10 Å². The highest BCUT2D eigenvalue weighted by Crippen LogP contribution is 2.49. The summed E-state index contributed by atoms with van der Waals surface area (Å²) in [5.41, 5.74) is 1.66. The standard InChI is InChI=1S/C16H25N3O/c1-19-10-12(9-18-19)8-16(11-17-14-4-5-14)6-7-20-15(16)13-2-3-13/h9-10,13-15,17H,2-8,11H2,1H3. The summed E-state index contributed by atoms with van der Waals surface area (Å²) < 4.78 is 8.07. The van der Waals surface area contributed by atoms with Crippen LogP contribution in [0.1, 0.15) is 37.7 Å². The highest BCUT2D eigenvalue weighted by molar-refractivity contribution is 5.13. The second kappa shape index (κ2) is 4.85. The average Bonchev–Trinajstić information content (AvgIpc) is 3.35. The first-order valence-electron chi connectivity index (χ1n) is 8.08. The lowest BCUT2D eigenvalue weighted by Crippen LogP contribution is -2.44. The van der Waals surface area contributed by atoms with Gasteiger partial charge in [0.15, 0.2) is 0 Å². The van der Waals surface area contributed by atoms with Gasteiger partial charge in [-0.25, -0.2) is 0 Å². The normalized spacial score (nSPS) is 33.8. The van der Waals surface area contributed by atoms with Crippen molar-refractivity contribution in [3.63, 3.8) is 0 Å². The van der Waals surface area contributed by atoms with Crippen molar-refractivity contribution in [2.75, 3.05) is 13.2 Å². The number of ether oxygens (including phenoxy) is 1. The van der Waals surface area contributed by atoms with Gasteiger partial charge in [0, 0.05) is 37.9 Å². The highest BCUT2D eigenvalue weighted by Gasteiger charge is 2.51. The van der Waals surface area contributed by atoms with Gasteiger partial charge in [0.05, 0.1) is 12.3 Å². The number of aryl methyl sites for hydroxylation is 1. The van der Waals surface area contributed by atoms with Crippen LogP contribution in [0.25, 0.3) is 0 Å². The minimum Gasteiger partial charge on any atom is -0.377 e. The molecule has 4 nitrogen and oxygen atoms in total. The molecule has 4 rings (SSSR count). The van der Waals surface area contributed by atoms with Crippen molar-refractivity contribution in [1.29, 1.82) is 0 Å². The molecule has 1 aromatic heterocycles. The molecule has 20 heavy (non-hydrogen) atoms. The Morgan fingerprint density at radius 3 is 2.90 bits per heavy atom. The molecule has 0 bridgehead atoms. The zero-order valence-electron chi connectivity index (χ0n) is 12.3. The zero-order valence-corrected chi connectivity index (χ0v) is 12.3. The van der Waals surface area contributed by atoms with E-state index < -0.39 is 0 Å². The first-order chi connectivity index (χ1) is 9.75. The first-order valence-corrected chi connectivity index (χ1v) is 8.08. The van der Waals surface area contributed by atoms with Crippen LogP contribution in [0.5, 0.6) is 0 Å². The summed E-state index contributed by atoms with van der Waals surface area (Å²) in [4.78, 5) is 0. The first kappa shape index (κ1) is 12.8. The van der Waals surface area contributed by atoms with Crippen LogP contribution >= 0.6 is 0 Å². The van der Waals surface area contributed by atoms with E-state index in [-0.39, 0.29) is 0 Å². The van der Waals surface area contributed by atoms with Crippen molar-refractivity contribution in [2.45, 2.75) is 50.7 Å². The third-order valence-corrected chi connectivity index (χ3v) is 5.19. The van der Waals surface area contributed by atoms with Crippen LogP contribution in [0.3, 0.4) is 0 Å². The summed E-state index contributed by atoms with van der Waals surface area (Å²) >= 11 is 0. The molecule has 3 aliphatic rings. The van der Waals surface area contributed by atoms with E-state index in [9.17, 15) is 0 Å². The van der Waals surface area contributed by atoms with Crippen LogP contribution in [0.15, 0.2) is 12.4 Å². The van der Waals surface area contributed by atoms with Gasteiger partial charge in [-0.3, -0.25) is 4.68 Å². The molecule has 0 spiro atoms. The van der Waals surface area contributed by atoms with Crippen LogP contribution in [-0.2, 0) is 18.2 Å². The van der Waals surface area contributed by atoms with Gasteiger partial charge in [-0.15, -0.1) is 0 Å². The largest absolute Gasteiger partial charge is 0.377 e. The molecule has 3 fully saturated rings. The molecule has 2 atom stereocenters. The Balaban J connectivity index is 1.53. The monoisotopic (exact) mass is 275 g/mol. The van der Waals surface area contributed by atoms with Crippen LogP contribution in [0, 0.1) is 11.3 Å². The molecule has 1 saturated heterocycles. The minimum atomic E-state index is 0.298. The van der Waals surface area contributed by atoms with E-state index >= 15 is 0 Å². The predicted octanol–water partition coefficient (Wildman–Crippen LogP) is 1.90. The molecule has 0 aromatic carbocycles. The summed E-state index contributed by atoms with van der Waals surface area (Å²) in [5.74, 6) is 0.815. The molecule has 1 aliphatic heterocycles. The number of hydrogen-bond acceptors (Lipinski definition) is 3. The van der Waals surface area contributed by atoms with Gasteiger partial charge in [0.25, 0.3) is 0 Å². The number of nitrogens with zero attached hydrogens (tertiary/aromatic N) is 2. The quantitative estimate of drug-likeness (QED) is 0.862. The van der Waals surface area contributed by atoms with Gasteiger partial charge < -0.3 is 10.1 Å². The molecule has 2 unspecified atom stereocenters. The number of hydrogen-bond donors (Lipinski definition) is 1. The molecule has 2 aliphatic carbocycles. The molecule has 0 radical (unpaired) electrons. The van der Waals surface area contributed by atoms with Crippen molar-refractivity contribution in [1.82, 2.24) is 15.1 Å². The average molecular weight is 275 g/mol. The Bertz CT molecular complexity index is 478. The Morgan fingerprint density at radius 2 is 2.25 bits per heavy atom. The van der Waals surface area contributed by atoms with Crippen molar-refractivity contribution >= 4 is 0 Å². The van der Waals surface area contributed by atoms with Crippen LogP contribution < -0.4 is 5.32 Å². The Kier molecular flexibility index (Phi) is 3.11. The fraction of sp³-hybridized carbons (Fsp3) is 0.812. The SMILES string of the molecule is Cn1cc(CC2(CNC3CC3)CCOC2C2CC2)cn1. The molecule has 1 N–H and O–H groups in total. The van der Waals surface area contributed by atoms with Gasteiger partial charge in [0.1, 0.15) is 0 Å². The lowest BCUT2D eigenvalue weighted by molar-refractivity contribution is 0.0305. The van der Waals surface area contributed by atoms with Gasteiger partial charge in [0.2, 0.25) is 0 Å². The molecule has 0 amide bonds. The van der Waals surface area contributed by atoms with E-state index in [0.717, 1.165) is 31.5 Å². The van der Waals surface area contributed by atoms with Gasteiger partial charge >= 0.3 is 0 Å². The lowest BCUT2D eigenvalue weighted by Gasteiger charge is -2.34. The second-order valence-corrected chi connectivity index (χ2v) is 7.10. The maximum Gasteiger partial charge on any atom is 0.0675 e. The summed E-state index contributed by atoms with van der Waals surface area (Å²) in [6.07, 6.45) is 12.4. The van der Waals surface area contributed by atoms with Crippen LogP contribution in [0.2, 0.25) is 0 Å². The topological polar surface area (TPSA) is 39.1 Å². The van der Waals surface area contributed by atoms with Crippen molar-refractivity contribution < 1.29 is 4.74 Å². The Morgan fingerprint density at radius 1 is 1.40 bits per heavy atom. The smallest absolute Gasteiger partial charge is 0.0675 e.